The van der Waals surface area contributed by atoms with Crippen LogP contribution in [0.3, 0.4) is 0 Å². The number of nitrogens with zero attached hydrogens (tertiary/aromatic N) is 1. The maximum absolute atomic E-state index is 11.9. The van der Waals surface area contributed by atoms with E-state index in [4.69, 9.17) is 0 Å². The van der Waals surface area contributed by atoms with E-state index in [-0.39, 0.29) is 49.4 Å². The molecule has 0 aromatic heterocycles. The van der Waals surface area contributed by atoms with Gasteiger partial charge in [-0.25, -0.2) is 0 Å². The number of likely N-dealkylation sites (tertiary alicyclic amines) is 1. The second-order valence-electron chi connectivity index (χ2n) is 5.00. The van der Waals surface area contributed by atoms with Crippen LogP contribution < -0.4 is 10.6 Å². The topological polar surface area (TPSA) is 95.6 Å². The number of nitrogens with one attached hydrogen (secondary N) is 2. The fraction of sp³-hybridized carbons (Fsp3) is 0.333. The predicted molar refractivity (Wildman–Crippen MR) is 79.9 cm³/mol. The molecule has 2 N–H and O–H groups in total. The van der Waals surface area contributed by atoms with Gasteiger partial charge in [0, 0.05) is 44.1 Å². The van der Waals surface area contributed by atoms with Gasteiger partial charge < -0.3 is 10.6 Å². The Morgan fingerprint density at radius 1 is 1.09 bits per heavy atom. The van der Waals surface area contributed by atoms with Crippen molar-refractivity contribution in [2.75, 3.05) is 17.2 Å². The summed E-state index contributed by atoms with van der Waals surface area (Å²) in [6, 6.07) is 6.73. The smallest absolute Gasteiger partial charge is 0.229 e. The monoisotopic (exact) mass is 303 g/mol. The summed E-state index contributed by atoms with van der Waals surface area (Å²) in [4.78, 5) is 46.8. The Bertz CT molecular complexity index is 611. The van der Waals surface area contributed by atoms with Crippen molar-refractivity contribution in [2.45, 2.75) is 26.2 Å². The SMILES string of the molecule is CC(=O)Nc1cccc(NC(=O)CCN2C(=O)CCC2=O)c1. The molecule has 1 aliphatic rings. The standard InChI is InChI=1S/C15H17N3O4/c1-10(19)16-11-3-2-4-12(9-11)17-13(20)7-8-18-14(21)5-6-15(18)22/h2-4,9H,5-8H2,1H3,(H,16,19)(H,17,20). The highest BCUT2D eigenvalue weighted by Crippen LogP contribution is 2.16. The average molecular weight is 303 g/mol. The highest BCUT2D eigenvalue weighted by atomic mass is 16.2. The molecule has 2 rings (SSSR count). The van der Waals surface area contributed by atoms with Crippen LogP contribution in [0, 0.1) is 0 Å². The van der Waals surface area contributed by atoms with Crippen molar-refractivity contribution in [1.29, 1.82) is 0 Å². The molecule has 0 unspecified atom stereocenters. The van der Waals surface area contributed by atoms with E-state index in [1.807, 2.05) is 0 Å². The molecule has 1 fully saturated rings. The summed E-state index contributed by atoms with van der Waals surface area (Å²) in [5, 5.41) is 5.29. The van der Waals surface area contributed by atoms with Crippen LogP contribution in [0.2, 0.25) is 0 Å². The number of rotatable bonds is 5. The van der Waals surface area contributed by atoms with E-state index in [0.29, 0.717) is 11.4 Å². The van der Waals surface area contributed by atoms with Crippen LogP contribution in [0.15, 0.2) is 24.3 Å². The molecule has 7 nitrogen and oxygen atoms in total. The van der Waals surface area contributed by atoms with E-state index in [1.54, 1.807) is 24.3 Å². The lowest BCUT2D eigenvalue weighted by molar-refractivity contribution is -0.138. The number of hydrogen-bond acceptors (Lipinski definition) is 4. The lowest BCUT2D eigenvalue weighted by atomic mass is 10.2. The summed E-state index contributed by atoms with van der Waals surface area (Å²) in [6.45, 7) is 1.49. The van der Waals surface area contributed by atoms with Gasteiger partial charge in [-0.3, -0.25) is 24.1 Å². The van der Waals surface area contributed by atoms with Crippen LogP contribution in [0.4, 0.5) is 11.4 Å². The number of carbonyl (C=O) groups excluding carboxylic acids is 4. The van der Waals surface area contributed by atoms with E-state index in [9.17, 15) is 19.2 Å². The number of anilines is 2. The van der Waals surface area contributed by atoms with Gasteiger partial charge in [0.1, 0.15) is 0 Å². The fourth-order valence-electron chi connectivity index (χ4n) is 2.19. The van der Waals surface area contributed by atoms with Crippen molar-refractivity contribution in [3.63, 3.8) is 0 Å². The Morgan fingerprint density at radius 3 is 2.27 bits per heavy atom. The summed E-state index contributed by atoms with van der Waals surface area (Å²) in [5.74, 6) is -0.960. The van der Waals surface area contributed by atoms with Gasteiger partial charge in [-0.15, -0.1) is 0 Å². The highest BCUT2D eigenvalue weighted by Gasteiger charge is 2.28. The molecule has 1 aliphatic heterocycles. The molecule has 7 heteroatoms. The minimum atomic E-state index is -0.299. The van der Waals surface area contributed by atoms with E-state index in [0.717, 1.165) is 4.90 Å². The first kappa shape index (κ1) is 15.7. The molecule has 4 amide bonds. The quantitative estimate of drug-likeness (QED) is 0.797. The lowest BCUT2D eigenvalue weighted by Gasteiger charge is -2.13. The Hall–Kier alpha value is -2.70. The largest absolute Gasteiger partial charge is 0.326 e. The molecule has 1 aromatic rings. The molecule has 116 valence electrons. The molecule has 0 aliphatic carbocycles. The molecule has 22 heavy (non-hydrogen) atoms. The van der Waals surface area contributed by atoms with Gasteiger partial charge in [0.05, 0.1) is 0 Å². The van der Waals surface area contributed by atoms with Crippen LogP contribution in [-0.4, -0.2) is 35.1 Å². The van der Waals surface area contributed by atoms with Crippen LogP contribution >= 0.6 is 0 Å². The third-order valence-corrected chi connectivity index (χ3v) is 3.18. The van der Waals surface area contributed by atoms with Crippen molar-refractivity contribution in [3.05, 3.63) is 24.3 Å². The average Bonchev–Trinajstić information content (AvgIpc) is 2.75. The van der Waals surface area contributed by atoms with Gasteiger partial charge in [0.2, 0.25) is 23.6 Å². The van der Waals surface area contributed by atoms with Crippen LogP contribution in [0.1, 0.15) is 26.2 Å². The predicted octanol–water partition coefficient (Wildman–Crippen LogP) is 1.12. The maximum atomic E-state index is 11.9. The van der Waals surface area contributed by atoms with Gasteiger partial charge in [-0.05, 0) is 18.2 Å². The molecule has 0 radical (unpaired) electrons. The number of carbonyl (C=O) groups is 4. The van der Waals surface area contributed by atoms with Crippen molar-refractivity contribution < 1.29 is 19.2 Å². The van der Waals surface area contributed by atoms with E-state index in [2.05, 4.69) is 10.6 Å². The van der Waals surface area contributed by atoms with E-state index in [1.165, 1.54) is 6.92 Å². The van der Waals surface area contributed by atoms with Crippen molar-refractivity contribution in [3.8, 4) is 0 Å². The molecule has 0 spiro atoms. The number of amides is 4. The second-order valence-corrected chi connectivity index (χ2v) is 5.00. The van der Waals surface area contributed by atoms with Crippen LogP contribution in [0.25, 0.3) is 0 Å². The Balaban J connectivity index is 1.88. The molecule has 1 aromatic carbocycles. The number of hydrogen-bond donors (Lipinski definition) is 2. The fourth-order valence-corrected chi connectivity index (χ4v) is 2.19. The normalized spacial score (nSPS) is 14.1. The van der Waals surface area contributed by atoms with Crippen LogP contribution in [-0.2, 0) is 19.2 Å². The summed E-state index contributed by atoms with van der Waals surface area (Å²) in [6.07, 6.45) is 0.486. The second kappa shape index (κ2) is 6.84. The molecule has 0 bridgehead atoms. The minimum absolute atomic E-state index is 0.0435. The van der Waals surface area contributed by atoms with Gasteiger partial charge >= 0.3 is 0 Å². The zero-order valence-electron chi connectivity index (χ0n) is 12.2. The summed E-state index contributed by atoms with van der Waals surface area (Å²) < 4.78 is 0. The van der Waals surface area contributed by atoms with Gasteiger partial charge in [-0.2, -0.15) is 0 Å². The van der Waals surface area contributed by atoms with Crippen molar-refractivity contribution in [2.24, 2.45) is 0 Å². The first-order valence-corrected chi connectivity index (χ1v) is 6.96. The third-order valence-electron chi connectivity index (χ3n) is 3.18. The minimum Gasteiger partial charge on any atom is -0.326 e. The third kappa shape index (κ3) is 4.15. The maximum Gasteiger partial charge on any atom is 0.229 e. The molecular formula is C15H17N3O4. The number of imide groups is 1. The van der Waals surface area contributed by atoms with Gasteiger partial charge in [0.25, 0.3) is 0 Å². The number of benzene rings is 1. The summed E-state index contributed by atoms with van der Waals surface area (Å²) >= 11 is 0. The van der Waals surface area contributed by atoms with E-state index >= 15 is 0 Å². The first-order valence-electron chi connectivity index (χ1n) is 6.96. The molecule has 0 atom stereocenters. The Labute approximate surface area is 127 Å². The van der Waals surface area contributed by atoms with Crippen molar-refractivity contribution >= 4 is 35.0 Å². The molecular weight excluding hydrogens is 286 g/mol. The zero-order chi connectivity index (χ0) is 16.1. The van der Waals surface area contributed by atoms with E-state index < -0.39 is 0 Å². The Kier molecular flexibility index (Phi) is 4.88. The highest BCUT2D eigenvalue weighted by molar-refractivity contribution is 6.02. The van der Waals surface area contributed by atoms with Gasteiger partial charge in [-0.1, -0.05) is 6.07 Å². The summed E-state index contributed by atoms with van der Waals surface area (Å²) in [7, 11) is 0. The molecule has 1 saturated heterocycles. The van der Waals surface area contributed by atoms with Crippen LogP contribution in [0.5, 0.6) is 0 Å². The van der Waals surface area contributed by atoms with Gasteiger partial charge in [0.15, 0.2) is 0 Å². The summed E-state index contributed by atoms with van der Waals surface area (Å²) in [5.41, 5.74) is 1.12. The Morgan fingerprint density at radius 2 is 1.68 bits per heavy atom. The first-order chi connectivity index (χ1) is 10.5. The zero-order valence-corrected chi connectivity index (χ0v) is 12.2. The van der Waals surface area contributed by atoms with Crippen molar-refractivity contribution in [1.82, 2.24) is 4.90 Å². The molecule has 1 heterocycles. The lowest BCUT2D eigenvalue weighted by Crippen LogP contribution is -2.32. The molecule has 0 saturated carbocycles.